The average Bonchev–Trinajstić information content (AvgIpc) is 3.34. The standard InChI is InChI=1S/C18H21N3OS/c1-21-7-3-4-12(21)8-15-14-9-13(22-2)5-6-16(14)20-18(15)17-10-23-11-19-17/h5-6,9-12,20H,3-4,7-8H2,1-2H3/t12-/m1/s1/i1D3. The molecule has 1 atom stereocenters. The Hall–Kier alpha value is -1.85. The van der Waals surface area contributed by atoms with Crippen molar-refractivity contribution in [2.75, 3.05) is 20.6 Å². The summed E-state index contributed by atoms with van der Waals surface area (Å²) in [5.41, 5.74) is 5.83. The summed E-state index contributed by atoms with van der Waals surface area (Å²) >= 11 is 1.55. The predicted molar refractivity (Wildman–Crippen MR) is 95.3 cm³/mol. The second kappa shape index (κ2) is 5.98. The van der Waals surface area contributed by atoms with E-state index in [1.807, 2.05) is 29.1 Å². The first-order valence-electron chi connectivity index (χ1n) is 9.31. The van der Waals surface area contributed by atoms with Gasteiger partial charge in [0.15, 0.2) is 0 Å². The number of benzene rings is 1. The van der Waals surface area contributed by atoms with Gasteiger partial charge < -0.3 is 14.6 Å². The molecule has 4 rings (SSSR count). The molecule has 1 aromatic carbocycles. The van der Waals surface area contributed by atoms with Gasteiger partial charge in [-0.05, 0) is 56.5 Å². The third-order valence-corrected chi connectivity index (χ3v) is 5.21. The monoisotopic (exact) mass is 330 g/mol. The highest BCUT2D eigenvalue weighted by Gasteiger charge is 2.25. The van der Waals surface area contributed by atoms with Gasteiger partial charge in [-0.1, -0.05) is 0 Å². The summed E-state index contributed by atoms with van der Waals surface area (Å²) < 4.78 is 28.9. The lowest BCUT2D eigenvalue weighted by molar-refractivity contribution is 0.310. The lowest BCUT2D eigenvalue weighted by atomic mass is 9.99. The van der Waals surface area contributed by atoms with Crippen LogP contribution in [0.15, 0.2) is 29.1 Å². The summed E-state index contributed by atoms with van der Waals surface area (Å²) in [5.74, 6) is 0.793. The van der Waals surface area contributed by atoms with Gasteiger partial charge in [-0.25, -0.2) is 4.98 Å². The van der Waals surface area contributed by atoms with Crippen LogP contribution in [0.4, 0.5) is 0 Å². The summed E-state index contributed by atoms with van der Waals surface area (Å²) in [6.07, 6.45) is 2.49. The fraction of sp³-hybridized carbons (Fsp3) is 0.389. The number of fused-ring (bicyclic) bond motifs is 1. The summed E-state index contributed by atoms with van der Waals surface area (Å²) in [5, 5.41) is 3.09. The number of ether oxygens (including phenoxy) is 1. The molecule has 4 nitrogen and oxygen atoms in total. The van der Waals surface area contributed by atoms with Gasteiger partial charge in [0.25, 0.3) is 0 Å². The van der Waals surface area contributed by atoms with Crippen molar-refractivity contribution in [3.05, 3.63) is 34.7 Å². The van der Waals surface area contributed by atoms with Crippen LogP contribution < -0.4 is 4.74 Å². The zero-order valence-corrected chi connectivity index (χ0v) is 13.8. The van der Waals surface area contributed by atoms with Gasteiger partial charge >= 0.3 is 0 Å². The fourth-order valence-corrected chi connectivity index (χ4v) is 3.95. The smallest absolute Gasteiger partial charge is 0.119 e. The number of thiazole rings is 1. The molecule has 3 heterocycles. The number of aromatic amines is 1. The number of methoxy groups -OCH3 is 1. The van der Waals surface area contributed by atoms with Gasteiger partial charge in [0.1, 0.15) is 5.75 Å². The van der Waals surface area contributed by atoms with Crippen LogP contribution in [0.1, 0.15) is 22.5 Å². The van der Waals surface area contributed by atoms with Crippen LogP contribution in [0.25, 0.3) is 22.3 Å². The summed E-state index contributed by atoms with van der Waals surface area (Å²) in [6.45, 7) is -1.43. The van der Waals surface area contributed by atoms with Crippen molar-refractivity contribution < 1.29 is 8.85 Å². The fourth-order valence-electron chi connectivity index (χ4n) is 3.40. The topological polar surface area (TPSA) is 41.2 Å². The minimum atomic E-state index is -2.05. The first-order valence-corrected chi connectivity index (χ1v) is 8.75. The van der Waals surface area contributed by atoms with Crippen LogP contribution in [0.5, 0.6) is 5.75 Å². The minimum Gasteiger partial charge on any atom is -0.497 e. The molecular formula is C18H21N3OS. The largest absolute Gasteiger partial charge is 0.497 e. The van der Waals surface area contributed by atoms with Crippen LogP contribution >= 0.6 is 11.3 Å². The Balaban J connectivity index is 1.80. The Morgan fingerprint density at radius 1 is 1.52 bits per heavy atom. The molecule has 0 saturated carbocycles. The van der Waals surface area contributed by atoms with Crippen LogP contribution in [0, 0.1) is 0 Å². The molecule has 1 fully saturated rings. The first-order chi connectivity index (χ1) is 12.5. The van der Waals surface area contributed by atoms with E-state index in [4.69, 9.17) is 8.85 Å². The molecular weight excluding hydrogens is 306 g/mol. The van der Waals surface area contributed by atoms with Crippen molar-refractivity contribution in [3.8, 4) is 17.1 Å². The van der Waals surface area contributed by atoms with Gasteiger partial charge in [-0.3, -0.25) is 0 Å². The molecule has 0 spiro atoms. The highest BCUT2D eigenvalue weighted by atomic mass is 32.1. The third kappa shape index (κ3) is 2.64. The van der Waals surface area contributed by atoms with Gasteiger partial charge in [-0.15, -0.1) is 11.3 Å². The molecule has 0 aliphatic carbocycles. The maximum absolute atomic E-state index is 7.83. The number of rotatable bonds is 4. The summed E-state index contributed by atoms with van der Waals surface area (Å²) in [6, 6.07) is 5.96. The number of H-pyrrole nitrogens is 1. The van der Waals surface area contributed by atoms with Crippen LogP contribution in [-0.4, -0.2) is 41.5 Å². The van der Waals surface area contributed by atoms with Crippen molar-refractivity contribution in [3.63, 3.8) is 0 Å². The third-order valence-electron chi connectivity index (χ3n) is 4.62. The Morgan fingerprint density at radius 2 is 2.48 bits per heavy atom. The van der Waals surface area contributed by atoms with E-state index in [1.165, 1.54) is 0 Å². The van der Waals surface area contributed by atoms with Gasteiger partial charge in [0, 0.05) is 26.4 Å². The van der Waals surface area contributed by atoms with Crippen molar-refractivity contribution in [1.29, 1.82) is 0 Å². The maximum atomic E-state index is 7.83. The average molecular weight is 330 g/mol. The molecule has 5 heteroatoms. The summed E-state index contributed by atoms with van der Waals surface area (Å²) in [4.78, 5) is 9.60. The Kier molecular flexibility index (Phi) is 3.03. The Bertz CT molecular complexity index is 904. The van der Waals surface area contributed by atoms with E-state index in [9.17, 15) is 0 Å². The second-order valence-corrected chi connectivity index (χ2v) is 6.68. The van der Waals surface area contributed by atoms with Crippen molar-refractivity contribution in [1.82, 2.24) is 14.9 Å². The lowest BCUT2D eigenvalue weighted by Crippen LogP contribution is -2.26. The maximum Gasteiger partial charge on any atom is 0.119 e. The molecule has 1 saturated heterocycles. The van der Waals surface area contributed by atoms with Gasteiger partial charge in [0.2, 0.25) is 0 Å². The minimum absolute atomic E-state index is 0.00471. The molecule has 0 bridgehead atoms. The van der Waals surface area contributed by atoms with Gasteiger partial charge in [-0.2, -0.15) is 0 Å². The number of nitrogens with zero attached hydrogens (tertiary/aromatic N) is 2. The lowest BCUT2D eigenvalue weighted by Gasteiger charge is -2.19. The highest BCUT2D eigenvalue weighted by molar-refractivity contribution is 7.07. The molecule has 1 aliphatic heterocycles. The van der Waals surface area contributed by atoms with E-state index in [0.717, 1.165) is 46.4 Å². The van der Waals surface area contributed by atoms with Crippen molar-refractivity contribution in [2.45, 2.75) is 25.3 Å². The molecule has 2 aromatic heterocycles. The van der Waals surface area contributed by atoms with Gasteiger partial charge in [0.05, 0.1) is 24.0 Å². The molecule has 0 radical (unpaired) electrons. The van der Waals surface area contributed by atoms with E-state index in [-0.39, 0.29) is 6.04 Å². The highest BCUT2D eigenvalue weighted by Crippen LogP contribution is 2.34. The zero-order chi connectivity index (χ0) is 18.3. The first kappa shape index (κ1) is 11.6. The zero-order valence-electron chi connectivity index (χ0n) is 16.0. The van der Waals surface area contributed by atoms with E-state index in [1.54, 1.807) is 23.3 Å². The van der Waals surface area contributed by atoms with E-state index in [2.05, 4.69) is 9.97 Å². The second-order valence-electron chi connectivity index (χ2n) is 5.96. The predicted octanol–water partition coefficient (Wildman–Crippen LogP) is 3.94. The van der Waals surface area contributed by atoms with E-state index in [0.29, 0.717) is 13.0 Å². The molecule has 0 amide bonds. The Morgan fingerprint density at radius 3 is 3.26 bits per heavy atom. The Labute approximate surface area is 144 Å². The number of hydrogen-bond acceptors (Lipinski definition) is 4. The molecule has 3 aromatic rings. The molecule has 1 N–H and O–H groups in total. The molecule has 0 unspecified atom stereocenters. The number of nitrogens with one attached hydrogen (secondary N) is 1. The number of likely N-dealkylation sites (tertiary alicyclic amines) is 1. The van der Waals surface area contributed by atoms with Crippen LogP contribution in [0.2, 0.25) is 0 Å². The molecule has 1 aliphatic rings. The quantitative estimate of drug-likeness (QED) is 0.788. The van der Waals surface area contributed by atoms with Crippen molar-refractivity contribution in [2.24, 2.45) is 0 Å². The number of hydrogen-bond donors (Lipinski definition) is 1. The molecule has 23 heavy (non-hydrogen) atoms. The molecule has 120 valence electrons. The number of likely N-dealkylation sites (N-methyl/N-ethyl adjacent to an activating group) is 1. The summed E-state index contributed by atoms with van der Waals surface area (Å²) in [7, 11) is 1.65. The van der Waals surface area contributed by atoms with Crippen LogP contribution in [-0.2, 0) is 6.42 Å². The van der Waals surface area contributed by atoms with E-state index < -0.39 is 6.98 Å². The number of aromatic nitrogens is 2. The van der Waals surface area contributed by atoms with Crippen molar-refractivity contribution >= 4 is 22.2 Å². The SMILES string of the molecule is [2H]C([2H])([2H])N1CCC[C@@H]1Cc1c(-c2cscn2)[nH]c2ccc(OC)cc12. The van der Waals surface area contributed by atoms with E-state index >= 15 is 0 Å². The normalized spacial score (nSPS) is 21.3. The van der Waals surface area contributed by atoms with Crippen LogP contribution in [0.3, 0.4) is 0 Å².